The Morgan fingerprint density at radius 1 is 1.29 bits per heavy atom. The summed E-state index contributed by atoms with van der Waals surface area (Å²) in [5.41, 5.74) is 0.320. The van der Waals surface area contributed by atoms with Crippen molar-refractivity contribution in [2.75, 3.05) is 4.72 Å². The fraction of sp³-hybridized carbons (Fsp3) is 0. The Balaban J connectivity index is 2.42. The van der Waals surface area contributed by atoms with Crippen LogP contribution in [0.15, 0.2) is 35.5 Å². The average molecular weight is 292 g/mol. The van der Waals surface area contributed by atoms with Gasteiger partial charge in [0.2, 0.25) is 0 Å². The van der Waals surface area contributed by atoms with Gasteiger partial charge in [-0.3, -0.25) is 9.82 Å². The molecule has 0 saturated heterocycles. The van der Waals surface area contributed by atoms with Crippen molar-refractivity contribution in [2.24, 2.45) is 0 Å². The van der Waals surface area contributed by atoms with Crippen LogP contribution < -0.4 is 4.72 Å². The van der Waals surface area contributed by atoms with Gasteiger partial charge in [0.15, 0.2) is 0 Å². The summed E-state index contributed by atoms with van der Waals surface area (Å²) in [5, 5.41) is 6.30. The second kappa shape index (κ2) is 4.56. The van der Waals surface area contributed by atoms with Gasteiger partial charge in [-0.25, -0.2) is 8.42 Å². The number of aromatic amines is 1. The first-order valence-electron chi connectivity index (χ1n) is 4.46. The molecular formula is C9H7Cl2N3O2S. The maximum absolute atomic E-state index is 12.0. The Labute approximate surface area is 108 Å². The number of nitrogens with zero attached hydrogens (tertiary/aromatic N) is 1. The molecule has 17 heavy (non-hydrogen) atoms. The lowest BCUT2D eigenvalue weighted by molar-refractivity contribution is 0.601. The number of aromatic nitrogens is 2. The van der Waals surface area contributed by atoms with E-state index in [1.54, 1.807) is 0 Å². The van der Waals surface area contributed by atoms with Crippen molar-refractivity contribution in [1.82, 2.24) is 10.2 Å². The largest absolute Gasteiger partial charge is 0.284 e. The summed E-state index contributed by atoms with van der Waals surface area (Å²) in [6.45, 7) is 0. The Morgan fingerprint density at radius 3 is 2.71 bits per heavy atom. The molecule has 0 spiro atoms. The minimum Gasteiger partial charge on any atom is -0.284 e. The van der Waals surface area contributed by atoms with Gasteiger partial charge in [0.05, 0.1) is 21.9 Å². The number of sulfonamides is 1. The molecule has 1 aromatic carbocycles. The molecule has 2 rings (SSSR count). The van der Waals surface area contributed by atoms with Crippen molar-refractivity contribution in [3.63, 3.8) is 0 Å². The minimum atomic E-state index is -3.76. The third kappa shape index (κ3) is 2.54. The van der Waals surface area contributed by atoms with Crippen LogP contribution >= 0.6 is 23.2 Å². The Morgan fingerprint density at radius 2 is 2.06 bits per heavy atom. The molecule has 1 aromatic heterocycles. The van der Waals surface area contributed by atoms with Crippen LogP contribution in [0, 0.1) is 0 Å². The minimum absolute atomic E-state index is 0.00911. The summed E-state index contributed by atoms with van der Waals surface area (Å²) in [6, 6.07) is 4.40. The monoisotopic (exact) mass is 291 g/mol. The molecule has 8 heteroatoms. The second-order valence-corrected chi connectivity index (χ2v) is 5.58. The molecule has 0 aliphatic carbocycles. The smallest absolute Gasteiger partial charge is 0.263 e. The molecule has 2 N–H and O–H groups in total. The molecule has 0 aliphatic rings. The van der Waals surface area contributed by atoms with E-state index >= 15 is 0 Å². The van der Waals surface area contributed by atoms with Crippen LogP contribution in [0.25, 0.3) is 0 Å². The zero-order valence-electron chi connectivity index (χ0n) is 8.31. The Hall–Kier alpha value is -1.24. The number of halogens is 2. The summed E-state index contributed by atoms with van der Waals surface area (Å²) >= 11 is 11.6. The van der Waals surface area contributed by atoms with Gasteiger partial charge < -0.3 is 0 Å². The first kappa shape index (κ1) is 12.2. The number of nitrogens with one attached hydrogen (secondary N) is 2. The van der Waals surface area contributed by atoms with E-state index in [2.05, 4.69) is 14.9 Å². The quantitative estimate of drug-likeness (QED) is 0.912. The third-order valence-electron chi connectivity index (χ3n) is 1.96. The molecule has 1 heterocycles. The number of rotatable bonds is 3. The first-order chi connectivity index (χ1) is 8.00. The number of H-pyrrole nitrogens is 1. The van der Waals surface area contributed by atoms with Crippen molar-refractivity contribution in [3.05, 3.63) is 40.6 Å². The predicted molar refractivity (Wildman–Crippen MR) is 65.9 cm³/mol. The van der Waals surface area contributed by atoms with E-state index in [-0.39, 0.29) is 14.9 Å². The average Bonchev–Trinajstić information content (AvgIpc) is 2.73. The fourth-order valence-electron chi connectivity index (χ4n) is 1.21. The second-order valence-electron chi connectivity index (χ2n) is 3.14. The van der Waals surface area contributed by atoms with E-state index in [9.17, 15) is 8.42 Å². The highest BCUT2D eigenvalue weighted by molar-refractivity contribution is 7.92. The third-order valence-corrected chi connectivity index (χ3v) is 4.31. The highest BCUT2D eigenvalue weighted by atomic mass is 35.5. The number of anilines is 1. The lowest BCUT2D eigenvalue weighted by Gasteiger charge is -2.08. The Bertz CT molecular complexity index is 626. The molecule has 0 bridgehead atoms. The zero-order valence-corrected chi connectivity index (χ0v) is 10.6. The normalized spacial score (nSPS) is 11.4. The van der Waals surface area contributed by atoms with Crippen LogP contribution in [-0.2, 0) is 10.0 Å². The van der Waals surface area contributed by atoms with Gasteiger partial charge in [0.1, 0.15) is 4.90 Å². The summed E-state index contributed by atoms with van der Waals surface area (Å²) in [7, 11) is -3.76. The fourth-order valence-corrected chi connectivity index (χ4v) is 3.01. The summed E-state index contributed by atoms with van der Waals surface area (Å²) in [5.74, 6) is 0. The maximum Gasteiger partial charge on any atom is 0.263 e. The topological polar surface area (TPSA) is 74.8 Å². The van der Waals surface area contributed by atoms with Crippen LogP contribution in [0.4, 0.5) is 5.69 Å². The number of hydrogen-bond donors (Lipinski definition) is 2. The predicted octanol–water partition coefficient (Wildman–Crippen LogP) is 2.52. The highest BCUT2D eigenvalue weighted by Crippen LogP contribution is 2.29. The van der Waals surface area contributed by atoms with Gasteiger partial charge in [0.25, 0.3) is 10.0 Å². The van der Waals surface area contributed by atoms with E-state index in [1.165, 1.54) is 30.6 Å². The van der Waals surface area contributed by atoms with Gasteiger partial charge in [0, 0.05) is 6.20 Å². The lowest BCUT2D eigenvalue weighted by atomic mass is 10.4. The SMILES string of the molecule is O=S(=O)(Nc1cn[nH]c1)c1cccc(Cl)c1Cl. The first-order valence-corrected chi connectivity index (χ1v) is 6.70. The Kier molecular flexibility index (Phi) is 3.28. The van der Waals surface area contributed by atoms with Crippen molar-refractivity contribution in [1.29, 1.82) is 0 Å². The molecule has 2 aromatic rings. The van der Waals surface area contributed by atoms with E-state index < -0.39 is 10.0 Å². The zero-order chi connectivity index (χ0) is 12.5. The molecule has 0 radical (unpaired) electrons. The van der Waals surface area contributed by atoms with Gasteiger partial charge in [-0.1, -0.05) is 29.3 Å². The number of benzene rings is 1. The van der Waals surface area contributed by atoms with Crippen LogP contribution in [0.3, 0.4) is 0 Å². The van der Waals surface area contributed by atoms with E-state index in [4.69, 9.17) is 23.2 Å². The van der Waals surface area contributed by atoms with Crippen LogP contribution in [0.2, 0.25) is 10.0 Å². The molecule has 0 atom stereocenters. The van der Waals surface area contributed by atoms with E-state index in [0.717, 1.165) is 0 Å². The van der Waals surface area contributed by atoms with Crippen molar-refractivity contribution in [3.8, 4) is 0 Å². The van der Waals surface area contributed by atoms with Crippen molar-refractivity contribution >= 4 is 38.9 Å². The lowest BCUT2D eigenvalue weighted by Crippen LogP contribution is -2.13. The summed E-state index contributed by atoms with van der Waals surface area (Å²) in [6.07, 6.45) is 2.76. The summed E-state index contributed by atoms with van der Waals surface area (Å²) < 4.78 is 26.3. The molecule has 90 valence electrons. The molecule has 0 unspecified atom stereocenters. The van der Waals surface area contributed by atoms with Crippen LogP contribution in [-0.4, -0.2) is 18.6 Å². The molecule has 5 nitrogen and oxygen atoms in total. The maximum atomic E-state index is 12.0. The summed E-state index contributed by atoms with van der Waals surface area (Å²) in [4.78, 5) is -0.0760. The van der Waals surface area contributed by atoms with E-state index in [0.29, 0.717) is 5.69 Å². The van der Waals surface area contributed by atoms with Crippen LogP contribution in [0.1, 0.15) is 0 Å². The molecule has 0 saturated carbocycles. The molecule has 0 fully saturated rings. The standard InChI is InChI=1S/C9H7Cl2N3O2S/c10-7-2-1-3-8(9(7)11)17(15,16)14-6-4-12-13-5-6/h1-5,14H,(H,12,13). The highest BCUT2D eigenvalue weighted by Gasteiger charge is 2.19. The van der Waals surface area contributed by atoms with E-state index in [1.807, 2.05) is 0 Å². The van der Waals surface area contributed by atoms with Gasteiger partial charge >= 0.3 is 0 Å². The van der Waals surface area contributed by atoms with Gasteiger partial charge in [-0.05, 0) is 12.1 Å². The molecule has 0 amide bonds. The van der Waals surface area contributed by atoms with Crippen LogP contribution in [0.5, 0.6) is 0 Å². The van der Waals surface area contributed by atoms with Gasteiger partial charge in [-0.2, -0.15) is 5.10 Å². The van der Waals surface area contributed by atoms with Crippen molar-refractivity contribution < 1.29 is 8.42 Å². The van der Waals surface area contributed by atoms with Gasteiger partial charge in [-0.15, -0.1) is 0 Å². The van der Waals surface area contributed by atoms with Crippen molar-refractivity contribution in [2.45, 2.75) is 4.90 Å². The molecular weight excluding hydrogens is 285 g/mol. The number of hydrogen-bond acceptors (Lipinski definition) is 3. The molecule has 0 aliphatic heterocycles.